The average Bonchev–Trinajstić information content (AvgIpc) is 2.64. The second kappa shape index (κ2) is 9.68. The molecule has 0 aliphatic carbocycles. The zero-order valence-electron chi connectivity index (χ0n) is 16.0. The second-order valence-corrected chi connectivity index (χ2v) is 8.94. The third kappa shape index (κ3) is 6.33. The lowest BCUT2D eigenvalue weighted by Crippen LogP contribution is -2.44. The Morgan fingerprint density at radius 1 is 1.39 bits per heavy atom. The fraction of sp³-hybridized carbons (Fsp3) is 0.474. The Morgan fingerprint density at radius 3 is 2.79 bits per heavy atom. The maximum atomic E-state index is 12.6. The first-order valence-electron chi connectivity index (χ1n) is 9.01. The van der Waals surface area contributed by atoms with E-state index in [4.69, 9.17) is 4.74 Å². The summed E-state index contributed by atoms with van der Waals surface area (Å²) >= 11 is 0. The molecule has 0 unspecified atom stereocenters. The first kappa shape index (κ1) is 21.9. The summed E-state index contributed by atoms with van der Waals surface area (Å²) in [6.45, 7) is 2.26. The summed E-state index contributed by atoms with van der Waals surface area (Å²) in [5.41, 5.74) is 1.86. The number of amides is 2. The van der Waals surface area contributed by atoms with Gasteiger partial charge in [0.05, 0.1) is 18.6 Å². The summed E-state index contributed by atoms with van der Waals surface area (Å²) in [5, 5.41) is 2.51. The SMILES string of the molecule is CC/C(=C/F)COc1ccc2c(c1)CCN(CC(=O)NCCS(C)(=O)=O)C2=O. The number of nitrogens with zero attached hydrogens (tertiary/aromatic N) is 1. The molecule has 28 heavy (non-hydrogen) atoms. The number of hydrogen-bond donors (Lipinski definition) is 1. The van der Waals surface area contributed by atoms with E-state index in [-0.39, 0.29) is 31.4 Å². The molecule has 2 amide bonds. The first-order chi connectivity index (χ1) is 13.2. The van der Waals surface area contributed by atoms with Gasteiger partial charge in [-0.15, -0.1) is 0 Å². The van der Waals surface area contributed by atoms with Crippen LogP contribution in [0.4, 0.5) is 4.39 Å². The first-order valence-corrected chi connectivity index (χ1v) is 11.1. The van der Waals surface area contributed by atoms with Gasteiger partial charge in [0.1, 0.15) is 22.2 Å². The van der Waals surface area contributed by atoms with Gasteiger partial charge >= 0.3 is 0 Å². The van der Waals surface area contributed by atoms with E-state index in [1.165, 1.54) is 4.90 Å². The second-order valence-electron chi connectivity index (χ2n) is 6.69. The van der Waals surface area contributed by atoms with E-state index in [2.05, 4.69) is 5.32 Å². The van der Waals surface area contributed by atoms with Gasteiger partial charge < -0.3 is 15.0 Å². The summed E-state index contributed by atoms with van der Waals surface area (Å²) in [7, 11) is -3.15. The van der Waals surface area contributed by atoms with Crippen LogP contribution in [0.2, 0.25) is 0 Å². The number of halogens is 1. The number of fused-ring (bicyclic) bond motifs is 1. The Balaban J connectivity index is 1.94. The average molecular weight is 412 g/mol. The molecule has 1 heterocycles. The highest BCUT2D eigenvalue weighted by molar-refractivity contribution is 7.90. The van der Waals surface area contributed by atoms with E-state index in [1.807, 2.05) is 6.92 Å². The van der Waals surface area contributed by atoms with E-state index in [1.54, 1.807) is 18.2 Å². The van der Waals surface area contributed by atoms with Crippen LogP contribution in [0.5, 0.6) is 5.75 Å². The lowest BCUT2D eigenvalue weighted by atomic mass is 9.98. The quantitative estimate of drug-likeness (QED) is 0.663. The van der Waals surface area contributed by atoms with Crippen LogP contribution in [0, 0.1) is 0 Å². The third-order valence-electron chi connectivity index (χ3n) is 4.41. The molecule has 9 heteroatoms. The van der Waals surface area contributed by atoms with Crippen molar-refractivity contribution in [2.75, 3.05) is 38.2 Å². The van der Waals surface area contributed by atoms with Crippen molar-refractivity contribution < 1.29 is 27.1 Å². The van der Waals surface area contributed by atoms with Crippen LogP contribution in [0.25, 0.3) is 0 Å². The van der Waals surface area contributed by atoms with E-state index in [0.717, 1.165) is 11.8 Å². The van der Waals surface area contributed by atoms with Gasteiger partial charge in [0.15, 0.2) is 0 Å². The Labute approximate surface area is 164 Å². The number of ether oxygens (including phenoxy) is 1. The highest BCUT2D eigenvalue weighted by atomic mass is 32.2. The Bertz CT molecular complexity index is 867. The van der Waals surface area contributed by atoms with Gasteiger partial charge in [0.2, 0.25) is 5.91 Å². The molecule has 0 spiro atoms. The van der Waals surface area contributed by atoms with Crippen LogP contribution in [0.3, 0.4) is 0 Å². The van der Waals surface area contributed by atoms with Crippen molar-refractivity contribution in [1.29, 1.82) is 0 Å². The fourth-order valence-corrected chi connectivity index (χ4v) is 3.22. The molecule has 0 atom stereocenters. The number of hydrogen-bond acceptors (Lipinski definition) is 5. The molecule has 0 aromatic heterocycles. The third-order valence-corrected chi connectivity index (χ3v) is 5.35. The lowest BCUT2D eigenvalue weighted by Gasteiger charge is -2.28. The van der Waals surface area contributed by atoms with Crippen LogP contribution >= 0.6 is 0 Å². The predicted octanol–water partition coefficient (Wildman–Crippen LogP) is 1.49. The highest BCUT2D eigenvalue weighted by Crippen LogP contribution is 2.24. The standard InChI is InChI=1S/C19H25FN2O5S/c1-3-14(11-20)13-27-16-4-5-17-15(10-16)6-8-22(19(17)24)12-18(23)21-7-9-28(2,25)26/h4-5,10-11H,3,6-9,12-13H2,1-2H3,(H,21,23)/b14-11-. The molecular weight excluding hydrogens is 387 g/mol. The summed E-state index contributed by atoms with van der Waals surface area (Å²) in [5.74, 6) is -0.240. The van der Waals surface area contributed by atoms with E-state index in [0.29, 0.717) is 42.6 Å². The largest absolute Gasteiger partial charge is 0.489 e. The maximum absolute atomic E-state index is 12.6. The molecule has 0 saturated carbocycles. The van der Waals surface area contributed by atoms with Crippen molar-refractivity contribution in [3.63, 3.8) is 0 Å². The minimum absolute atomic E-state index is 0.0179. The van der Waals surface area contributed by atoms with Crippen LogP contribution in [-0.4, -0.2) is 63.4 Å². The zero-order chi connectivity index (χ0) is 20.7. The van der Waals surface area contributed by atoms with Gasteiger partial charge in [0.25, 0.3) is 5.91 Å². The molecule has 1 aliphatic rings. The van der Waals surface area contributed by atoms with Gasteiger partial charge in [-0.2, -0.15) is 0 Å². The topological polar surface area (TPSA) is 92.8 Å². The molecule has 0 saturated heterocycles. The molecule has 0 fully saturated rings. The lowest BCUT2D eigenvalue weighted by molar-refractivity contribution is -0.121. The highest BCUT2D eigenvalue weighted by Gasteiger charge is 2.26. The van der Waals surface area contributed by atoms with Gasteiger partial charge in [-0.25, -0.2) is 12.8 Å². The van der Waals surface area contributed by atoms with Gasteiger partial charge in [-0.3, -0.25) is 9.59 Å². The van der Waals surface area contributed by atoms with Gasteiger partial charge in [-0.05, 0) is 42.2 Å². The minimum Gasteiger partial charge on any atom is -0.489 e. The summed E-state index contributed by atoms with van der Waals surface area (Å²) in [6.07, 6.45) is 2.76. The molecule has 1 N–H and O–H groups in total. The molecular formula is C19H25FN2O5S. The van der Waals surface area contributed by atoms with Gasteiger partial charge in [0, 0.05) is 24.9 Å². The zero-order valence-corrected chi connectivity index (χ0v) is 16.9. The molecule has 1 aromatic carbocycles. The van der Waals surface area contributed by atoms with Crippen molar-refractivity contribution in [3.05, 3.63) is 41.2 Å². The molecule has 154 valence electrons. The van der Waals surface area contributed by atoms with Crippen molar-refractivity contribution in [2.24, 2.45) is 0 Å². The molecule has 0 radical (unpaired) electrons. The summed E-state index contributed by atoms with van der Waals surface area (Å²) in [6, 6.07) is 5.06. The van der Waals surface area contributed by atoms with Crippen molar-refractivity contribution >= 4 is 21.7 Å². The summed E-state index contributed by atoms with van der Waals surface area (Å²) in [4.78, 5) is 26.0. The van der Waals surface area contributed by atoms with Crippen molar-refractivity contribution in [1.82, 2.24) is 10.2 Å². The van der Waals surface area contributed by atoms with Gasteiger partial charge in [-0.1, -0.05) is 6.92 Å². The van der Waals surface area contributed by atoms with E-state index < -0.39 is 15.7 Å². The molecule has 0 bridgehead atoms. The number of benzene rings is 1. The predicted molar refractivity (Wildman–Crippen MR) is 104 cm³/mol. The Kier molecular flexibility index (Phi) is 7.56. The Morgan fingerprint density at radius 2 is 2.14 bits per heavy atom. The van der Waals surface area contributed by atoms with Crippen molar-refractivity contribution in [3.8, 4) is 5.75 Å². The monoisotopic (exact) mass is 412 g/mol. The molecule has 7 nitrogen and oxygen atoms in total. The number of rotatable bonds is 9. The molecule has 2 rings (SSSR count). The maximum Gasteiger partial charge on any atom is 0.254 e. The van der Waals surface area contributed by atoms with Crippen LogP contribution in [-0.2, 0) is 21.1 Å². The molecule has 1 aliphatic heterocycles. The fourth-order valence-electron chi connectivity index (χ4n) is 2.75. The van der Waals surface area contributed by atoms with E-state index in [9.17, 15) is 22.4 Å². The minimum atomic E-state index is -3.15. The number of sulfone groups is 1. The molecule has 1 aromatic rings. The Hall–Kier alpha value is -2.42. The summed E-state index contributed by atoms with van der Waals surface area (Å²) < 4.78 is 40.4. The number of carbonyl (C=O) groups is 2. The van der Waals surface area contributed by atoms with E-state index >= 15 is 0 Å². The number of nitrogens with one attached hydrogen (secondary N) is 1. The normalized spacial score (nSPS) is 14.6. The van der Waals surface area contributed by atoms with Crippen LogP contribution in [0.1, 0.15) is 29.3 Å². The van der Waals surface area contributed by atoms with Crippen molar-refractivity contribution in [2.45, 2.75) is 19.8 Å². The van der Waals surface area contributed by atoms with Crippen LogP contribution in [0.15, 0.2) is 30.1 Å². The number of carbonyl (C=O) groups excluding carboxylic acids is 2. The smallest absolute Gasteiger partial charge is 0.254 e. The van der Waals surface area contributed by atoms with Crippen LogP contribution < -0.4 is 10.1 Å².